The van der Waals surface area contributed by atoms with Crippen molar-refractivity contribution in [2.75, 3.05) is 24.5 Å². The van der Waals surface area contributed by atoms with Crippen molar-refractivity contribution in [1.29, 1.82) is 0 Å². The summed E-state index contributed by atoms with van der Waals surface area (Å²) in [6.45, 7) is 8.63. The first-order valence-corrected chi connectivity index (χ1v) is 9.72. The smallest absolute Gasteiger partial charge is 0.225 e. The van der Waals surface area contributed by atoms with E-state index in [1.807, 2.05) is 33.0 Å². The van der Waals surface area contributed by atoms with Gasteiger partial charge in [0.15, 0.2) is 0 Å². The van der Waals surface area contributed by atoms with Crippen LogP contribution in [0, 0.1) is 11.3 Å². The van der Waals surface area contributed by atoms with Crippen molar-refractivity contribution in [3.8, 4) is 0 Å². The number of rotatable bonds is 3. The lowest BCUT2D eigenvalue weighted by molar-refractivity contribution is -0.128. The van der Waals surface area contributed by atoms with E-state index in [-0.39, 0.29) is 11.3 Å². The average Bonchev–Trinajstić information content (AvgIpc) is 2.59. The fourth-order valence-electron chi connectivity index (χ4n) is 3.35. The second kappa shape index (κ2) is 7.32. The summed E-state index contributed by atoms with van der Waals surface area (Å²) in [5, 5.41) is 4.30. The second-order valence-electron chi connectivity index (χ2n) is 7.88. The van der Waals surface area contributed by atoms with Crippen LogP contribution in [0.25, 0.3) is 10.9 Å². The van der Waals surface area contributed by atoms with Crippen LogP contribution in [0.5, 0.6) is 0 Å². The van der Waals surface area contributed by atoms with Crippen LogP contribution in [0.2, 0.25) is 0 Å². The van der Waals surface area contributed by atoms with E-state index in [1.165, 1.54) is 11.1 Å². The second-order valence-corrected chi connectivity index (χ2v) is 8.73. The first-order chi connectivity index (χ1) is 11.9. The highest BCUT2D eigenvalue weighted by atomic mass is 79.9. The van der Waals surface area contributed by atoms with Crippen molar-refractivity contribution in [2.45, 2.75) is 33.6 Å². The molecule has 0 saturated carbocycles. The van der Waals surface area contributed by atoms with Gasteiger partial charge in [-0.05, 0) is 46.8 Å². The van der Waals surface area contributed by atoms with E-state index in [1.54, 1.807) is 0 Å². The normalized spacial score (nSPS) is 18.4. The molecule has 1 aromatic carbocycles. The zero-order chi connectivity index (χ0) is 18.0. The minimum absolute atomic E-state index is 0.128. The number of pyridine rings is 1. The molecule has 0 aliphatic carbocycles. The van der Waals surface area contributed by atoms with Gasteiger partial charge in [0.2, 0.25) is 5.91 Å². The molecule has 1 aliphatic rings. The van der Waals surface area contributed by atoms with Crippen molar-refractivity contribution in [1.82, 2.24) is 10.3 Å². The molecular formula is C20H26BrN3O. The SMILES string of the molecule is CC(C)(C)C(=O)NCC1CCCN(c2ccnc3c(Br)cccc23)C1. The Hall–Kier alpha value is -1.62. The minimum atomic E-state index is -0.331. The number of fused-ring (bicyclic) bond motifs is 1. The van der Waals surface area contributed by atoms with Gasteiger partial charge in [-0.1, -0.05) is 32.9 Å². The van der Waals surface area contributed by atoms with Gasteiger partial charge in [-0.25, -0.2) is 0 Å². The fraction of sp³-hybridized carbons (Fsp3) is 0.500. The Labute approximate surface area is 158 Å². The van der Waals surface area contributed by atoms with Crippen molar-refractivity contribution < 1.29 is 4.79 Å². The molecule has 134 valence electrons. The topological polar surface area (TPSA) is 45.2 Å². The summed E-state index contributed by atoms with van der Waals surface area (Å²) in [7, 11) is 0. The molecule has 1 atom stereocenters. The maximum atomic E-state index is 12.1. The predicted molar refractivity (Wildman–Crippen MR) is 107 cm³/mol. The molecule has 1 N–H and O–H groups in total. The molecular weight excluding hydrogens is 378 g/mol. The Kier molecular flexibility index (Phi) is 5.32. The fourth-order valence-corrected chi connectivity index (χ4v) is 3.82. The summed E-state index contributed by atoms with van der Waals surface area (Å²) in [4.78, 5) is 19.1. The molecule has 0 spiro atoms. The third-order valence-corrected chi connectivity index (χ3v) is 5.43. The molecule has 1 fully saturated rings. The maximum Gasteiger partial charge on any atom is 0.225 e. The average molecular weight is 404 g/mol. The number of hydrogen-bond donors (Lipinski definition) is 1. The number of carbonyl (C=O) groups is 1. The minimum Gasteiger partial charge on any atom is -0.371 e. The molecule has 1 amide bonds. The van der Waals surface area contributed by atoms with Gasteiger partial charge in [0.25, 0.3) is 0 Å². The zero-order valence-corrected chi connectivity index (χ0v) is 16.8. The Morgan fingerprint density at radius 1 is 1.36 bits per heavy atom. The summed E-state index contributed by atoms with van der Waals surface area (Å²) in [6, 6.07) is 8.32. The Bertz CT molecular complexity index is 769. The molecule has 1 saturated heterocycles. The van der Waals surface area contributed by atoms with Crippen LogP contribution in [-0.2, 0) is 4.79 Å². The first-order valence-electron chi connectivity index (χ1n) is 8.93. The van der Waals surface area contributed by atoms with E-state index in [0.717, 1.165) is 42.5 Å². The summed E-state index contributed by atoms with van der Waals surface area (Å²) < 4.78 is 1.03. The number of halogens is 1. The third kappa shape index (κ3) is 4.14. The van der Waals surface area contributed by atoms with Gasteiger partial charge < -0.3 is 10.2 Å². The maximum absolute atomic E-state index is 12.1. The molecule has 5 heteroatoms. The van der Waals surface area contributed by atoms with Crippen LogP contribution in [0.4, 0.5) is 5.69 Å². The number of carbonyl (C=O) groups excluding carboxylic acids is 1. The quantitative estimate of drug-likeness (QED) is 0.826. The number of benzene rings is 1. The zero-order valence-electron chi connectivity index (χ0n) is 15.2. The highest BCUT2D eigenvalue weighted by Crippen LogP contribution is 2.32. The van der Waals surface area contributed by atoms with Crippen molar-refractivity contribution >= 4 is 38.4 Å². The van der Waals surface area contributed by atoms with Crippen LogP contribution in [0.1, 0.15) is 33.6 Å². The number of anilines is 1. The van der Waals surface area contributed by atoms with E-state index in [0.29, 0.717) is 5.92 Å². The molecule has 1 aromatic heterocycles. The molecule has 1 unspecified atom stereocenters. The van der Waals surface area contributed by atoms with Gasteiger partial charge in [-0.2, -0.15) is 0 Å². The molecule has 25 heavy (non-hydrogen) atoms. The van der Waals surface area contributed by atoms with Crippen LogP contribution >= 0.6 is 15.9 Å². The molecule has 2 heterocycles. The third-order valence-electron chi connectivity index (χ3n) is 4.79. The lowest BCUT2D eigenvalue weighted by Crippen LogP contribution is -2.43. The molecule has 1 aliphatic heterocycles. The van der Waals surface area contributed by atoms with Crippen LogP contribution in [0.3, 0.4) is 0 Å². The molecule has 4 nitrogen and oxygen atoms in total. The van der Waals surface area contributed by atoms with Crippen LogP contribution in [0.15, 0.2) is 34.9 Å². The van der Waals surface area contributed by atoms with E-state index < -0.39 is 0 Å². The van der Waals surface area contributed by atoms with Gasteiger partial charge >= 0.3 is 0 Å². The molecule has 3 rings (SSSR count). The first kappa shape index (κ1) is 18.2. The summed E-state index contributed by atoms with van der Waals surface area (Å²) >= 11 is 3.60. The van der Waals surface area contributed by atoms with E-state index in [9.17, 15) is 4.79 Å². The van der Waals surface area contributed by atoms with Crippen molar-refractivity contribution in [3.05, 3.63) is 34.9 Å². The number of nitrogens with zero attached hydrogens (tertiary/aromatic N) is 2. The van der Waals surface area contributed by atoms with Gasteiger partial charge in [0, 0.05) is 46.8 Å². The standard InChI is InChI=1S/C20H26BrN3O/c1-20(2,3)19(25)23-12-14-6-5-11-24(13-14)17-9-10-22-18-15(17)7-4-8-16(18)21/h4,7-10,14H,5-6,11-13H2,1-3H3,(H,23,25). The predicted octanol–water partition coefficient (Wildman–Crippen LogP) is 4.38. The lowest BCUT2D eigenvalue weighted by Gasteiger charge is -2.35. The number of amides is 1. The monoisotopic (exact) mass is 403 g/mol. The van der Waals surface area contributed by atoms with Crippen LogP contribution < -0.4 is 10.2 Å². The van der Waals surface area contributed by atoms with E-state index >= 15 is 0 Å². The highest BCUT2D eigenvalue weighted by molar-refractivity contribution is 9.10. The molecule has 2 aromatic rings. The summed E-state index contributed by atoms with van der Waals surface area (Å²) in [5.41, 5.74) is 1.91. The molecule has 0 bridgehead atoms. The van der Waals surface area contributed by atoms with Crippen molar-refractivity contribution in [3.63, 3.8) is 0 Å². The van der Waals surface area contributed by atoms with Crippen LogP contribution in [-0.4, -0.2) is 30.5 Å². The number of piperidine rings is 1. The van der Waals surface area contributed by atoms with Crippen molar-refractivity contribution in [2.24, 2.45) is 11.3 Å². The summed E-state index contributed by atoms with van der Waals surface area (Å²) in [6.07, 6.45) is 4.19. The van der Waals surface area contributed by atoms with Gasteiger partial charge in [-0.3, -0.25) is 9.78 Å². The number of aromatic nitrogens is 1. The molecule has 0 radical (unpaired) electrons. The van der Waals surface area contributed by atoms with Gasteiger partial charge in [0.05, 0.1) is 5.52 Å². The highest BCUT2D eigenvalue weighted by Gasteiger charge is 2.25. The number of hydrogen-bond acceptors (Lipinski definition) is 3. The number of nitrogens with one attached hydrogen (secondary N) is 1. The van der Waals surface area contributed by atoms with Gasteiger partial charge in [0.1, 0.15) is 0 Å². The largest absolute Gasteiger partial charge is 0.371 e. The Balaban J connectivity index is 1.74. The lowest BCUT2D eigenvalue weighted by atomic mass is 9.93. The van der Waals surface area contributed by atoms with E-state index in [2.05, 4.69) is 49.3 Å². The summed E-state index contributed by atoms with van der Waals surface area (Å²) in [5.74, 6) is 0.610. The number of para-hydroxylation sites is 1. The van der Waals surface area contributed by atoms with E-state index in [4.69, 9.17) is 0 Å². The van der Waals surface area contributed by atoms with Gasteiger partial charge in [-0.15, -0.1) is 0 Å². The Morgan fingerprint density at radius 3 is 2.92 bits per heavy atom. The Morgan fingerprint density at radius 2 is 2.16 bits per heavy atom.